The summed E-state index contributed by atoms with van der Waals surface area (Å²) < 4.78 is 12.8. The monoisotopic (exact) mass is 340 g/mol. The van der Waals surface area contributed by atoms with Crippen LogP contribution in [0.5, 0.6) is 0 Å². The van der Waals surface area contributed by atoms with Crippen LogP contribution in [0.15, 0.2) is 42.5 Å². The molecule has 0 saturated carbocycles. The molecule has 6 heteroatoms. The van der Waals surface area contributed by atoms with Crippen LogP contribution < -0.4 is 5.32 Å². The van der Waals surface area contributed by atoms with Crippen molar-refractivity contribution in [3.05, 3.63) is 63.9 Å². The van der Waals surface area contributed by atoms with Crippen molar-refractivity contribution in [2.75, 3.05) is 18.9 Å². The Kier molecular flexibility index (Phi) is 5.77. The fourth-order valence-electron chi connectivity index (χ4n) is 2.03. The number of nitrogens with zero attached hydrogens (tertiary/aromatic N) is 1. The highest BCUT2D eigenvalue weighted by Crippen LogP contribution is 2.22. The van der Waals surface area contributed by atoms with Crippen molar-refractivity contribution in [2.24, 2.45) is 0 Å². The van der Waals surface area contributed by atoms with E-state index < -0.39 is 0 Å². The van der Waals surface area contributed by atoms with Gasteiger partial charge in [-0.2, -0.15) is 0 Å². The van der Waals surface area contributed by atoms with E-state index in [1.165, 1.54) is 12.1 Å². The van der Waals surface area contributed by atoms with E-state index in [1.807, 2.05) is 11.9 Å². The molecule has 2 aromatic rings. The number of rotatable bonds is 5. The first-order chi connectivity index (χ1) is 10.4. The Morgan fingerprint density at radius 2 is 1.73 bits per heavy atom. The third kappa shape index (κ3) is 5.30. The molecule has 0 atom stereocenters. The molecule has 0 aliphatic carbocycles. The lowest BCUT2D eigenvalue weighted by atomic mass is 10.2. The first-order valence-corrected chi connectivity index (χ1v) is 7.37. The number of anilines is 1. The summed E-state index contributed by atoms with van der Waals surface area (Å²) in [4.78, 5) is 13.8. The van der Waals surface area contributed by atoms with Crippen LogP contribution in [0.4, 0.5) is 10.1 Å². The molecule has 0 radical (unpaired) electrons. The molecule has 2 aromatic carbocycles. The van der Waals surface area contributed by atoms with Crippen molar-refractivity contribution in [1.82, 2.24) is 4.90 Å². The topological polar surface area (TPSA) is 32.3 Å². The summed E-state index contributed by atoms with van der Waals surface area (Å²) in [5.41, 5.74) is 1.49. The Balaban J connectivity index is 1.89. The summed E-state index contributed by atoms with van der Waals surface area (Å²) in [6.07, 6.45) is 0. The molecule has 0 heterocycles. The lowest BCUT2D eigenvalue weighted by Gasteiger charge is -2.16. The second kappa shape index (κ2) is 7.58. The lowest BCUT2D eigenvalue weighted by Crippen LogP contribution is -2.29. The molecule has 116 valence electrons. The van der Waals surface area contributed by atoms with Crippen LogP contribution in [0, 0.1) is 5.82 Å². The third-order valence-electron chi connectivity index (χ3n) is 2.93. The molecule has 1 amide bonds. The van der Waals surface area contributed by atoms with Crippen LogP contribution in [0.2, 0.25) is 10.0 Å². The normalized spacial score (nSPS) is 10.8. The van der Waals surface area contributed by atoms with E-state index in [0.29, 0.717) is 22.3 Å². The predicted octanol–water partition coefficient (Wildman–Crippen LogP) is 4.20. The SMILES string of the molecule is CN(CC(=O)Nc1cc(Cl)cc(Cl)c1)Cc1ccc(F)cc1. The first kappa shape index (κ1) is 16.7. The number of carbonyl (C=O) groups is 1. The number of likely N-dealkylation sites (N-methyl/N-ethyl adjacent to an activating group) is 1. The van der Waals surface area contributed by atoms with E-state index in [1.54, 1.807) is 30.3 Å². The van der Waals surface area contributed by atoms with Crippen LogP contribution in [0.25, 0.3) is 0 Å². The van der Waals surface area contributed by atoms with Crippen molar-refractivity contribution in [3.63, 3.8) is 0 Å². The molecule has 22 heavy (non-hydrogen) atoms. The Labute approximate surface area is 138 Å². The van der Waals surface area contributed by atoms with Crippen LogP contribution in [0.3, 0.4) is 0 Å². The van der Waals surface area contributed by atoms with Gasteiger partial charge in [0.2, 0.25) is 5.91 Å². The van der Waals surface area contributed by atoms with Gasteiger partial charge in [0.1, 0.15) is 5.82 Å². The van der Waals surface area contributed by atoms with E-state index in [9.17, 15) is 9.18 Å². The average Bonchev–Trinajstić information content (AvgIpc) is 2.39. The van der Waals surface area contributed by atoms with E-state index in [-0.39, 0.29) is 18.3 Å². The van der Waals surface area contributed by atoms with Gasteiger partial charge in [0.15, 0.2) is 0 Å². The fraction of sp³-hybridized carbons (Fsp3) is 0.188. The number of amides is 1. The molecule has 0 aliphatic rings. The summed E-state index contributed by atoms with van der Waals surface area (Å²) in [5, 5.41) is 3.66. The Bertz CT molecular complexity index is 641. The van der Waals surface area contributed by atoms with Crippen molar-refractivity contribution in [3.8, 4) is 0 Å². The van der Waals surface area contributed by atoms with Gasteiger partial charge in [-0.25, -0.2) is 4.39 Å². The van der Waals surface area contributed by atoms with E-state index in [4.69, 9.17) is 23.2 Å². The molecule has 2 rings (SSSR count). The minimum Gasteiger partial charge on any atom is -0.325 e. The van der Waals surface area contributed by atoms with Crippen LogP contribution in [-0.4, -0.2) is 24.4 Å². The minimum atomic E-state index is -0.276. The zero-order valence-corrected chi connectivity index (χ0v) is 13.5. The predicted molar refractivity (Wildman–Crippen MR) is 87.8 cm³/mol. The third-order valence-corrected chi connectivity index (χ3v) is 3.36. The number of carbonyl (C=O) groups excluding carboxylic acids is 1. The Morgan fingerprint density at radius 3 is 2.32 bits per heavy atom. The van der Waals surface area contributed by atoms with Gasteiger partial charge in [0.05, 0.1) is 6.54 Å². The van der Waals surface area contributed by atoms with Crippen LogP contribution in [0.1, 0.15) is 5.56 Å². The summed E-state index contributed by atoms with van der Waals surface area (Å²) >= 11 is 11.8. The summed E-state index contributed by atoms with van der Waals surface area (Å²) in [7, 11) is 1.81. The largest absolute Gasteiger partial charge is 0.325 e. The first-order valence-electron chi connectivity index (χ1n) is 6.61. The highest BCUT2D eigenvalue weighted by molar-refractivity contribution is 6.35. The molecular formula is C16H15Cl2FN2O. The highest BCUT2D eigenvalue weighted by atomic mass is 35.5. The second-order valence-corrected chi connectivity index (χ2v) is 5.88. The zero-order valence-electron chi connectivity index (χ0n) is 11.9. The molecule has 0 saturated heterocycles. The second-order valence-electron chi connectivity index (χ2n) is 5.01. The highest BCUT2D eigenvalue weighted by Gasteiger charge is 2.08. The number of benzene rings is 2. The molecule has 0 spiro atoms. The Morgan fingerprint density at radius 1 is 1.14 bits per heavy atom. The summed E-state index contributed by atoms with van der Waals surface area (Å²) in [6, 6.07) is 11.0. The standard InChI is InChI=1S/C16H15Cl2FN2O/c1-21(9-11-2-4-14(19)5-3-11)10-16(22)20-15-7-12(17)6-13(18)8-15/h2-8H,9-10H2,1H3,(H,20,22). The molecular weight excluding hydrogens is 326 g/mol. The Hall–Kier alpha value is -1.62. The van der Waals surface area contributed by atoms with Gasteiger partial charge < -0.3 is 5.32 Å². The molecule has 0 unspecified atom stereocenters. The summed E-state index contributed by atoms with van der Waals surface area (Å²) in [6.45, 7) is 0.742. The van der Waals surface area contributed by atoms with E-state index in [2.05, 4.69) is 5.32 Å². The molecule has 0 aromatic heterocycles. The zero-order chi connectivity index (χ0) is 16.1. The molecule has 0 aliphatic heterocycles. The quantitative estimate of drug-likeness (QED) is 0.884. The van der Waals surface area contributed by atoms with Crippen molar-refractivity contribution < 1.29 is 9.18 Å². The number of nitrogens with one attached hydrogen (secondary N) is 1. The van der Waals surface area contributed by atoms with Crippen molar-refractivity contribution >= 4 is 34.8 Å². The average molecular weight is 341 g/mol. The minimum absolute atomic E-state index is 0.178. The number of hydrogen-bond acceptors (Lipinski definition) is 2. The summed E-state index contributed by atoms with van der Waals surface area (Å²) in [5.74, 6) is -0.454. The molecule has 1 N–H and O–H groups in total. The maximum absolute atomic E-state index is 12.8. The van der Waals surface area contributed by atoms with Gasteiger partial charge in [0, 0.05) is 22.3 Å². The van der Waals surface area contributed by atoms with Gasteiger partial charge in [-0.15, -0.1) is 0 Å². The maximum Gasteiger partial charge on any atom is 0.238 e. The molecule has 0 bridgehead atoms. The van der Waals surface area contributed by atoms with E-state index in [0.717, 1.165) is 5.56 Å². The van der Waals surface area contributed by atoms with E-state index >= 15 is 0 Å². The van der Waals surface area contributed by atoms with Crippen molar-refractivity contribution in [1.29, 1.82) is 0 Å². The fourth-order valence-corrected chi connectivity index (χ4v) is 2.56. The van der Waals surface area contributed by atoms with Gasteiger partial charge in [-0.05, 0) is 42.9 Å². The van der Waals surface area contributed by atoms with Gasteiger partial charge in [-0.1, -0.05) is 35.3 Å². The lowest BCUT2D eigenvalue weighted by molar-refractivity contribution is -0.117. The van der Waals surface area contributed by atoms with Gasteiger partial charge >= 0.3 is 0 Å². The molecule has 3 nitrogen and oxygen atoms in total. The van der Waals surface area contributed by atoms with Crippen molar-refractivity contribution in [2.45, 2.75) is 6.54 Å². The van der Waals surface area contributed by atoms with Crippen LogP contribution in [-0.2, 0) is 11.3 Å². The number of halogens is 3. The maximum atomic E-state index is 12.8. The number of hydrogen-bond donors (Lipinski definition) is 1. The van der Waals surface area contributed by atoms with Gasteiger partial charge in [0.25, 0.3) is 0 Å². The van der Waals surface area contributed by atoms with Crippen LogP contribution >= 0.6 is 23.2 Å². The molecule has 0 fully saturated rings. The smallest absolute Gasteiger partial charge is 0.238 e. The van der Waals surface area contributed by atoms with Gasteiger partial charge in [-0.3, -0.25) is 9.69 Å².